The summed E-state index contributed by atoms with van der Waals surface area (Å²) >= 11 is 3.31. The molecular weight excluding hydrogens is 286 g/mol. The number of nitro groups is 1. The van der Waals surface area contributed by atoms with Crippen molar-refractivity contribution in [2.75, 3.05) is 0 Å². The Labute approximate surface area is 108 Å². The molecule has 0 aliphatic carbocycles. The maximum atomic E-state index is 11.3. The van der Waals surface area contributed by atoms with Crippen molar-refractivity contribution < 1.29 is 9.72 Å². The number of hydrogen-bond acceptors (Lipinski definition) is 3. The van der Waals surface area contributed by atoms with Crippen molar-refractivity contribution in [3.63, 3.8) is 0 Å². The number of halogens is 1. The Balaban J connectivity index is 2.93. The second-order valence-electron chi connectivity index (χ2n) is 3.95. The fraction of sp³-hybridized carbons (Fsp3) is 0.417. The lowest BCUT2D eigenvalue weighted by Gasteiger charge is -2.12. The van der Waals surface area contributed by atoms with Crippen LogP contribution in [0, 0.1) is 16.0 Å². The summed E-state index contributed by atoms with van der Waals surface area (Å²) in [5, 5.41) is 10.6. The second kappa shape index (κ2) is 5.91. The molecule has 0 spiro atoms. The van der Waals surface area contributed by atoms with Gasteiger partial charge in [-0.2, -0.15) is 0 Å². The van der Waals surface area contributed by atoms with Gasteiger partial charge < -0.3 is 0 Å². The summed E-state index contributed by atoms with van der Waals surface area (Å²) in [5.74, 6) is 0.130. The highest BCUT2D eigenvalue weighted by Crippen LogP contribution is 2.26. The summed E-state index contributed by atoms with van der Waals surface area (Å²) in [6, 6.07) is 4.64. The topological polar surface area (TPSA) is 60.2 Å². The zero-order valence-corrected chi connectivity index (χ0v) is 11.4. The highest BCUT2D eigenvalue weighted by Gasteiger charge is 2.16. The van der Waals surface area contributed by atoms with Gasteiger partial charge in [0.1, 0.15) is 5.78 Å². The molecule has 0 amide bonds. The molecule has 0 saturated heterocycles. The molecule has 1 rings (SSSR count). The minimum Gasteiger partial charge on any atom is -0.300 e. The number of non-ortho nitro benzene ring substituents is 1. The number of benzene rings is 1. The van der Waals surface area contributed by atoms with Gasteiger partial charge in [0, 0.05) is 22.5 Å². The van der Waals surface area contributed by atoms with Crippen LogP contribution in [0.4, 0.5) is 5.69 Å². The predicted octanol–water partition coefficient (Wildman–Crippen LogP) is 3.52. The van der Waals surface area contributed by atoms with Gasteiger partial charge in [-0.15, -0.1) is 0 Å². The Morgan fingerprint density at radius 2 is 2.18 bits per heavy atom. The van der Waals surface area contributed by atoms with E-state index in [1.165, 1.54) is 12.1 Å². The van der Waals surface area contributed by atoms with Gasteiger partial charge in [-0.05, 0) is 25.3 Å². The molecule has 1 unspecified atom stereocenters. The minimum absolute atomic E-state index is 0.0206. The Kier molecular flexibility index (Phi) is 4.81. The first-order valence-electron chi connectivity index (χ1n) is 5.39. The fourth-order valence-corrected chi connectivity index (χ4v) is 2.18. The van der Waals surface area contributed by atoms with E-state index in [-0.39, 0.29) is 17.4 Å². The van der Waals surface area contributed by atoms with E-state index in [1.54, 1.807) is 13.0 Å². The average Bonchev–Trinajstić information content (AvgIpc) is 2.26. The molecule has 1 atom stereocenters. The zero-order valence-electron chi connectivity index (χ0n) is 9.77. The number of nitro benzene ring substituents is 1. The van der Waals surface area contributed by atoms with Gasteiger partial charge in [-0.25, -0.2) is 0 Å². The molecule has 0 heterocycles. The van der Waals surface area contributed by atoms with Gasteiger partial charge in [0.15, 0.2) is 0 Å². The summed E-state index contributed by atoms with van der Waals surface area (Å²) in [6.45, 7) is 3.54. The first-order valence-corrected chi connectivity index (χ1v) is 6.18. The van der Waals surface area contributed by atoms with Gasteiger partial charge in [0.25, 0.3) is 5.69 Å². The molecule has 0 aliphatic heterocycles. The number of carbonyl (C=O) groups is 1. The van der Waals surface area contributed by atoms with E-state index in [0.717, 1.165) is 12.0 Å². The largest absolute Gasteiger partial charge is 0.300 e. The monoisotopic (exact) mass is 299 g/mol. The van der Waals surface area contributed by atoms with Crippen molar-refractivity contribution in [3.8, 4) is 0 Å². The van der Waals surface area contributed by atoms with Crippen molar-refractivity contribution in [1.29, 1.82) is 0 Å². The number of hydrogen-bond donors (Lipinski definition) is 0. The number of nitrogens with zero attached hydrogens (tertiary/aromatic N) is 1. The van der Waals surface area contributed by atoms with Gasteiger partial charge in [0.2, 0.25) is 0 Å². The summed E-state index contributed by atoms with van der Waals surface area (Å²) in [6.07, 6.45) is 1.39. The first-order chi connectivity index (χ1) is 7.95. The molecule has 4 nitrogen and oxygen atoms in total. The number of Topliss-reactive ketones (excluding diaryl/α,β-unsaturated/α-hetero) is 1. The van der Waals surface area contributed by atoms with Crippen LogP contribution in [0.15, 0.2) is 22.7 Å². The van der Waals surface area contributed by atoms with Gasteiger partial charge in [-0.3, -0.25) is 14.9 Å². The highest BCUT2D eigenvalue weighted by molar-refractivity contribution is 9.10. The van der Waals surface area contributed by atoms with Crippen molar-refractivity contribution in [1.82, 2.24) is 0 Å². The third-order valence-corrected chi connectivity index (χ3v) is 3.52. The molecule has 1 aromatic rings. The van der Waals surface area contributed by atoms with Gasteiger partial charge in [0.05, 0.1) is 4.92 Å². The normalized spacial score (nSPS) is 12.2. The maximum Gasteiger partial charge on any atom is 0.270 e. The summed E-state index contributed by atoms with van der Waals surface area (Å²) < 4.78 is 0.686. The molecule has 0 radical (unpaired) electrons. The Morgan fingerprint density at radius 3 is 2.59 bits per heavy atom. The predicted molar refractivity (Wildman–Crippen MR) is 69.0 cm³/mol. The van der Waals surface area contributed by atoms with E-state index in [4.69, 9.17) is 0 Å². The number of ketones is 1. The lowest BCUT2D eigenvalue weighted by Crippen LogP contribution is -2.13. The molecule has 0 N–H and O–H groups in total. The quantitative estimate of drug-likeness (QED) is 0.617. The van der Waals surface area contributed by atoms with Crippen molar-refractivity contribution in [2.45, 2.75) is 26.7 Å². The molecule has 0 bridgehead atoms. The smallest absolute Gasteiger partial charge is 0.270 e. The van der Waals surface area contributed by atoms with Crippen LogP contribution >= 0.6 is 15.9 Å². The van der Waals surface area contributed by atoms with E-state index in [0.29, 0.717) is 10.9 Å². The second-order valence-corrected chi connectivity index (χ2v) is 4.81. The minimum atomic E-state index is -0.434. The van der Waals surface area contributed by atoms with Crippen molar-refractivity contribution in [3.05, 3.63) is 38.3 Å². The van der Waals surface area contributed by atoms with Crippen molar-refractivity contribution in [2.24, 2.45) is 5.92 Å². The van der Waals surface area contributed by atoms with E-state index in [1.807, 2.05) is 6.92 Å². The number of rotatable bonds is 5. The van der Waals surface area contributed by atoms with Crippen LogP contribution in [0.3, 0.4) is 0 Å². The molecule has 92 valence electrons. The molecule has 0 fully saturated rings. The maximum absolute atomic E-state index is 11.3. The molecule has 0 aliphatic rings. The number of carbonyl (C=O) groups excluding carboxylic acids is 1. The molecular formula is C12H14BrNO3. The van der Waals surface area contributed by atoms with Crippen LogP contribution in [0.1, 0.15) is 25.8 Å². The van der Waals surface area contributed by atoms with Crippen LogP contribution in [-0.2, 0) is 11.2 Å². The van der Waals surface area contributed by atoms with Crippen LogP contribution < -0.4 is 0 Å². The Bertz CT molecular complexity index is 445. The SMILES string of the molecule is CCC(Cc1ccc([N+](=O)[O-])cc1Br)C(C)=O. The highest BCUT2D eigenvalue weighted by atomic mass is 79.9. The van der Waals surface area contributed by atoms with Crippen LogP contribution in [0.2, 0.25) is 0 Å². The summed E-state index contributed by atoms with van der Waals surface area (Å²) in [4.78, 5) is 21.5. The third-order valence-electron chi connectivity index (χ3n) is 2.78. The summed E-state index contributed by atoms with van der Waals surface area (Å²) in [5.41, 5.74) is 0.981. The Morgan fingerprint density at radius 1 is 1.53 bits per heavy atom. The average molecular weight is 300 g/mol. The lowest BCUT2D eigenvalue weighted by atomic mass is 9.93. The Hall–Kier alpha value is -1.23. The van der Waals surface area contributed by atoms with E-state index >= 15 is 0 Å². The molecule has 1 aromatic carbocycles. The summed E-state index contributed by atoms with van der Waals surface area (Å²) in [7, 11) is 0. The standard InChI is InChI=1S/C12H14BrNO3/c1-3-9(8(2)15)6-10-4-5-11(14(16)17)7-12(10)13/h4-5,7,9H,3,6H2,1-2H3. The third kappa shape index (κ3) is 3.63. The van der Waals surface area contributed by atoms with Crippen LogP contribution in [0.25, 0.3) is 0 Å². The van der Waals surface area contributed by atoms with E-state index < -0.39 is 4.92 Å². The van der Waals surface area contributed by atoms with Crippen molar-refractivity contribution >= 4 is 27.4 Å². The molecule has 5 heteroatoms. The lowest BCUT2D eigenvalue weighted by molar-refractivity contribution is -0.384. The first kappa shape index (κ1) is 13.8. The van der Waals surface area contributed by atoms with E-state index in [9.17, 15) is 14.9 Å². The van der Waals surface area contributed by atoms with Gasteiger partial charge >= 0.3 is 0 Å². The molecule has 0 aromatic heterocycles. The van der Waals surface area contributed by atoms with Crippen LogP contribution in [-0.4, -0.2) is 10.7 Å². The van der Waals surface area contributed by atoms with E-state index in [2.05, 4.69) is 15.9 Å². The molecule has 17 heavy (non-hydrogen) atoms. The fourth-order valence-electron chi connectivity index (χ4n) is 1.66. The zero-order chi connectivity index (χ0) is 13.0. The molecule has 0 saturated carbocycles. The van der Waals surface area contributed by atoms with Crippen LogP contribution in [0.5, 0.6) is 0 Å². The van der Waals surface area contributed by atoms with Gasteiger partial charge in [-0.1, -0.05) is 28.9 Å².